The molecule has 2 nitrogen and oxygen atoms in total. The molecule has 2 heteroatoms. The molecule has 3 rings (SSSR count). The van der Waals surface area contributed by atoms with E-state index in [1.807, 2.05) is 0 Å². The zero-order valence-corrected chi connectivity index (χ0v) is 13.4. The first-order valence-electron chi connectivity index (χ1n) is 8.35. The summed E-state index contributed by atoms with van der Waals surface area (Å²) in [6.45, 7) is 6.80. The van der Waals surface area contributed by atoms with E-state index in [0.717, 1.165) is 13.1 Å². The number of hydrogen-bond acceptors (Lipinski definition) is 2. The number of hydrogen-bond donors (Lipinski definition) is 1. The normalized spacial score (nSPS) is 22.6. The minimum absolute atomic E-state index is 0.632. The second-order valence-electron chi connectivity index (χ2n) is 6.46. The standard InChI is InChI=1S/C20H26N2/c1-17-15-22(16-19-10-6-3-7-11-19)13-12-20(17)21-14-18-8-4-2-5-9-18/h2-11,17,20-21H,12-16H2,1H3/t17-,20+/m1/s1. The first kappa shape index (κ1) is 15.3. The van der Waals surface area contributed by atoms with E-state index in [1.165, 1.54) is 30.6 Å². The maximum atomic E-state index is 3.75. The molecule has 2 aromatic carbocycles. The van der Waals surface area contributed by atoms with E-state index >= 15 is 0 Å². The summed E-state index contributed by atoms with van der Waals surface area (Å²) in [6, 6.07) is 22.1. The number of piperidine rings is 1. The molecule has 0 bridgehead atoms. The quantitative estimate of drug-likeness (QED) is 0.905. The van der Waals surface area contributed by atoms with Gasteiger partial charge in [0.05, 0.1) is 0 Å². The third-order valence-corrected chi connectivity index (χ3v) is 4.65. The van der Waals surface area contributed by atoms with Crippen LogP contribution in [0.2, 0.25) is 0 Å². The molecule has 0 radical (unpaired) electrons. The Morgan fingerprint density at radius 2 is 1.59 bits per heavy atom. The number of nitrogens with one attached hydrogen (secondary N) is 1. The first-order chi connectivity index (χ1) is 10.8. The molecular weight excluding hydrogens is 268 g/mol. The van der Waals surface area contributed by atoms with E-state index in [-0.39, 0.29) is 0 Å². The molecule has 0 aliphatic carbocycles. The summed E-state index contributed by atoms with van der Waals surface area (Å²) < 4.78 is 0. The SMILES string of the molecule is C[C@@H]1CN(Cc2ccccc2)CC[C@@H]1NCc1ccccc1. The van der Waals surface area contributed by atoms with Crippen LogP contribution in [0.3, 0.4) is 0 Å². The number of rotatable bonds is 5. The molecule has 116 valence electrons. The molecule has 0 spiro atoms. The maximum absolute atomic E-state index is 3.75. The van der Waals surface area contributed by atoms with Gasteiger partial charge in [0.2, 0.25) is 0 Å². The highest BCUT2D eigenvalue weighted by Gasteiger charge is 2.25. The highest BCUT2D eigenvalue weighted by Crippen LogP contribution is 2.19. The number of likely N-dealkylation sites (tertiary alicyclic amines) is 1. The average molecular weight is 294 g/mol. The lowest BCUT2D eigenvalue weighted by Crippen LogP contribution is -2.47. The Morgan fingerprint density at radius 1 is 0.955 bits per heavy atom. The van der Waals surface area contributed by atoms with Crippen LogP contribution in [0.1, 0.15) is 24.5 Å². The van der Waals surface area contributed by atoms with Gasteiger partial charge in [0.1, 0.15) is 0 Å². The van der Waals surface area contributed by atoms with E-state index in [4.69, 9.17) is 0 Å². The van der Waals surface area contributed by atoms with Crippen molar-refractivity contribution < 1.29 is 0 Å². The lowest BCUT2D eigenvalue weighted by Gasteiger charge is -2.37. The van der Waals surface area contributed by atoms with Crippen LogP contribution in [0.25, 0.3) is 0 Å². The van der Waals surface area contributed by atoms with Crippen LogP contribution in [-0.2, 0) is 13.1 Å². The molecular formula is C20H26N2. The van der Waals surface area contributed by atoms with Crippen molar-refractivity contribution in [3.05, 3.63) is 71.8 Å². The summed E-state index contributed by atoms with van der Waals surface area (Å²) in [4.78, 5) is 2.58. The molecule has 0 amide bonds. The molecule has 1 aliphatic heterocycles. The van der Waals surface area contributed by atoms with Gasteiger partial charge >= 0.3 is 0 Å². The van der Waals surface area contributed by atoms with Crippen molar-refractivity contribution in [1.29, 1.82) is 0 Å². The monoisotopic (exact) mass is 294 g/mol. The van der Waals surface area contributed by atoms with Gasteiger partial charge in [-0.15, -0.1) is 0 Å². The number of nitrogens with zero attached hydrogens (tertiary/aromatic N) is 1. The predicted octanol–water partition coefficient (Wildman–Crippen LogP) is 3.69. The fourth-order valence-electron chi connectivity index (χ4n) is 3.37. The van der Waals surface area contributed by atoms with Gasteiger partial charge < -0.3 is 5.32 Å². The van der Waals surface area contributed by atoms with E-state index in [2.05, 4.69) is 77.8 Å². The van der Waals surface area contributed by atoms with Gasteiger partial charge in [0, 0.05) is 25.7 Å². The highest BCUT2D eigenvalue weighted by atomic mass is 15.1. The molecule has 0 unspecified atom stereocenters. The second-order valence-corrected chi connectivity index (χ2v) is 6.46. The van der Waals surface area contributed by atoms with Crippen LogP contribution in [0.5, 0.6) is 0 Å². The van der Waals surface area contributed by atoms with Gasteiger partial charge in [-0.3, -0.25) is 4.90 Å². The summed E-state index contributed by atoms with van der Waals surface area (Å²) >= 11 is 0. The molecule has 1 aliphatic rings. The van der Waals surface area contributed by atoms with Gasteiger partial charge in [-0.05, 0) is 30.0 Å². The summed E-state index contributed by atoms with van der Waals surface area (Å²) in [6.07, 6.45) is 1.24. The Labute approximate surface area is 134 Å². The molecule has 0 aromatic heterocycles. The first-order valence-corrected chi connectivity index (χ1v) is 8.35. The molecule has 0 saturated carbocycles. The van der Waals surface area contributed by atoms with Crippen molar-refractivity contribution in [3.8, 4) is 0 Å². The van der Waals surface area contributed by atoms with Crippen LogP contribution < -0.4 is 5.32 Å². The van der Waals surface area contributed by atoms with Crippen molar-refractivity contribution in [2.24, 2.45) is 5.92 Å². The van der Waals surface area contributed by atoms with Gasteiger partial charge in [-0.25, -0.2) is 0 Å². The zero-order chi connectivity index (χ0) is 15.2. The van der Waals surface area contributed by atoms with Crippen LogP contribution in [-0.4, -0.2) is 24.0 Å². The molecule has 22 heavy (non-hydrogen) atoms. The van der Waals surface area contributed by atoms with E-state index in [0.29, 0.717) is 12.0 Å². The Morgan fingerprint density at radius 3 is 2.23 bits per heavy atom. The van der Waals surface area contributed by atoms with Crippen molar-refractivity contribution >= 4 is 0 Å². The van der Waals surface area contributed by atoms with E-state index in [1.54, 1.807) is 0 Å². The Hall–Kier alpha value is -1.64. The van der Waals surface area contributed by atoms with Crippen molar-refractivity contribution in [1.82, 2.24) is 10.2 Å². The Balaban J connectivity index is 1.48. The van der Waals surface area contributed by atoms with Gasteiger partial charge in [-0.1, -0.05) is 67.6 Å². The minimum Gasteiger partial charge on any atom is -0.310 e. The predicted molar refractivity (Wildman–Crippen MR) is 92.6 cm³/mol. The largest absolute Gasteiger partial charge is 0.310 e. The fraction of sp³-hybridized carbons (Fsp3) is 0.400. The van der Waals surface area contributed by atoms with Crippen molar-refractivity contribution in [2.75, 3.05) is 13.1 Å². The van der Waals surface area contributed by atoms with E-state index < -0.39 is 0 Å². The van der Waals surface area contributed by atoms with Crippen LogP contribution in [0.15, 0.2) is 60.7 Å². The summed E-state index contributed by atoms with van der Waals surface area (Å²) in [7, 11) is 0. The smallest absolute Gasteiger partial charge is 0.0233 e. The van der Waals surface area contributed by atoms with Crippen LogP contribution >= 0.6 is 0 Å². The lowest BCUT2D eigenvalue weighted by atomic mass is 9.93. The molecule has 1 fully saturated rings. The van der Waals surface area contributed by atoms with Gasteiger partial charge in [0.15, 0.2) is 0 Å². The Bertz CT molecular complexity index is 552. The molecule has 2 aromatic rings. The summed E-state index contributed by atoms with van der Waals surface area (Å²) in [5, 5.41) is 3.75. The van der Waals surface area contributed by atoms with Crippen molar-refractivity contribution in [2.45, 2.75) is 32.5 Å². The Kier molecular flexibility index (Phi) is 5.25. The third-order valence-electron chi connectivity index (χ3n) is 4.65. The van der Waals surface area contributed by atoms with Gasteiger partial charge in [0.25, 0.3) is 0 Å². The van der Waals surface area contributed by atoms with E-state index in [9.17, 15) is 0 Å². The molecule has 1 N–H and O–H groups in total. The third kappa shape index (κ3) is 4.19. The lowest BCUT2D eigenvalue weighted by molar-refractivity contribution is 0.140. The average Bonchev–Trinajstić information content (AvgIpc) is 2.56. The maximum Gasteiger partial charge on any atom is 0.0233 e. The van der Waals surface area contributed by atoms with Crippen LogP contribution in [0, 0.1) is 5.92 Å². The zero-order valence-electron chi connectivity index (χ0n) is 13.4. The molecule has 1 heterocycles. The summed E-state index contributed by atoms with van der Waals surface area (Å²) in [5.74, 6) is 0.696. The molecule has 2 atom stereocenters. The topological polar surface area (TPSA) is 15.3 Å². The highest BCUT2D eigenvalue weighted by molar-refractivity contribution is 5.15. The minimum atomic E-state index is 0.632. The van der Waals surface area contributed by atoms with Crippen LogP contribution in [0.4, 0.5) is 0 Å². The fourth-order valence-corrected chi connectivity index (χ4v) is 3.37. The van der Waals surface area contributed by atoms with Gasteiger partial charge in [-0.2, -0.15) is 0 Å². The van der Waals surface area contributed by atoms with Crippen molar-refractivity contribution in [3.63, 3.8) is 0 Å². The number of benzene rings is 2. The second kappa shape index (κ2) is 7.57. The summed E-state index contributed by atoms with van der Waals surface area (Å²) in [5.41, 5.74) is 2.80. The molecule has 1 saturated heterocycles.